The van der Waals surface area contributed by atoms with Crippen LogP contribution in [-0.4, -0.2) is 22.8 Å². The fourth-order valence-corrected chi connectivity index (χ4v) is 2.15. The van der Waals surface area contributed by atoms with Gasteiger partial charge in [-0.25, -0.2) is 0 Å². The first-order valence-corrected chi connectivity index (χ1v) is 7.45. The molecule has 0 radical (unpaired) electrons. The van der Waals surface area contributed by atoms with Gasteiger partial charge in [0.15, 0.2) is 0 Å². The smallest absolute Gasteiger partial charge is 0.0110 e. The molecule has 0 bridgehead atoms. The molecular weight excluding hydrogens is 190 g/mol. The molecule has 0 aliphatic rings. The van der Waals surface area contributed by atoms with Crippen molar-refractivity contribution in [2.75, 3.05) is 12.5 Å². The second-order valence-corrected chi connectivity index (χ2v) is 11.0. The van der Waals surface area contributed by atoms with E-state index in [1.165, 1.54) is 0 Å². The van der Waals surface area contributed by atoms with E-state index in [1.54, 1.807) is 0 Å². The van der Waals surface area contributed by atoms with Crippen molar-refractivity contribution in [2.45, 2.75) is 44.4 Å². The van der Waals surface area contributed by atoms with E-state index >= 15 is 0 Å². The summed E-state index contributed by atoms with van der Waals surface area (Å²) in [5.74, 6) is 0. The fourth-order valence-electron chi connectivity index (χ4n) is 1.27. The molecule has 1 nitrogen and oxygen atoms in total. The molecule has 0 unspecified atom stereocenters. The van der Waals surface area contributed by atoms with E-state index in [2.05, 4.69) is 40.2 Å². The summed E-state index contributed by atoms with van der Waals surface area (Å²) in [5.41, 5.74) is 5.85. The first-order valence-electron chi connectivity index (χ1n) is 4.17. The maximum Gasteiger partial charge on any atom is 0.0110 e. The molecule has 0 aromatic heterocycles. The predicted octanol–water partition coefficient (Wildman–Crippen LogP) is 3.11. The van der Waals surface area contributed by atoms with Gasteiger partial charge in [-0.3, -0.25) is 0 Å². The number of nitrogens with two attached hydrogens (primary N) is 1. The van der Waals surface area contributed by atoms with E-state index in [1.807, 2.05) is 0 Å². The molecule has 0 fully saturated rings. The Morgan fingerprint density at radius 3 is 1.58 bits per heavy atom. The molecule has 76 valence electrons. The second kappa shape index (κ2) is 3.39. The highest BCUT2D eigenvalue weighted by molar-refractivity contribution is 8.51. The van der Waals surface area contributed by atoms with E-state index in [9.17, 15) is 0 Å². The van der Waals surface area contributed by atoms with Crippen molar-refractivity contribution < 1.29 is 0 Å². The molecule has 0 aromatic rings. The first kappa shape index (κ1) is 12.6. The average molecular weight is 212 g/mol. The number of rotatable bonds is 3. The standard InChI is InChI=1S/C9H22ClNS/c1-8(2,11)7-9(3,4)12(5,6)10/h7,11H2,1-6H3. The van der Waals surface area contributed by atoms with Crippen LogP contribution in [-0.2, 0) is 0 Å². The minimum Gasteiger partial charge on any atom is -0.326 e. The summed E-state index contributed by atoms with van der Waals surface area (Å²) in [6.07, 6.45) is 5.21. The highest BCUT2D eigenvalue weighted by Crippen LogP contribution is 2.59. The Hall–Kier alpha value is 0.600. The van der Waals surface area contributed by atoms with Crippen LogP contribution in [0.15, 0.2) is 0 Å². The van der Waals surface area contributed by atoms with Crippen LogP contribution in [0.1, 0.15) is 34.1 Å². The molecule has 0 saturated carbocycles. The molecule has 0 amide bonds. The van der Waals surface area contributed by atoms with Gasteiger partial charge in [0.1, 0.15) is 0 Å². The Morgan fingerprint density at radius 2 is 1.50 bits per heavy atom. The van der Waals surface area contributed by atoms with Crippen LogP contribution >= 0.6 is 19.9 Å². The van der Waals surface area contributed by atoms with Gasteiger partial charge in [-0.05, 0) is 32.8 Å². The van der Waals surface area contributed by atoms with Crippen molar-refractivity contribution in [3.63, 3.8) is 0 Å². The van der Waals surface area contributed by atoms with Crippen LogP contribution in [0.25, 0.3) is 0 Å². The SMILES string of the molecule is CC(C)(N)CC(C)(C)S(C)(C)Cl. The molecule has 2 N–H and O–H groups in total. The van der Waals surface area contributed by atoms with E-state index in [0.29, 0.717) is 0 Å². The molecule has 0 rings (SSSR count). The van der Waals surface area contributed by atoms with Crippen molar-refractivity contribution >= 4 is 19.9 Å². The van der Waals surface area contributed by atoms with Crippen LogP contribution < -0.4 is 5.73 Å². The van der Waals surface area contributed by atoms with Crippen LogP contribution in [0.3, 0.4) is 0 Å². The number of halogens is 1. The van der Waals surface area contributed by atoms with Crippen molar-refractivity contribution in [3.05, 3.63) is 0 Å². The third-order valence-electron chi connectivity index (χ3n) is 2.20. The summed E-state index contributed by atoms with van der Waals surface area (Å²) >= 11 is 0. The summed E-state index contributed by atoms with van der Waals surface area (Å²) in [5, 5.41) is 0. The summed E-state index contributed by atoms with van der Waals surface area (Å²) in [4.78, 5) is 0. The Balaban J connectivity index is 4.44. The highest BCUT2D eigenvalue weighted by Gasteiger charge is 2.34. The van der Waals surface area contributed by atoms with Gasteiger partial charge in [-0.2, -0.15) is 9.24 Å². The van der Waals surface area contributed by atoms with Gasteiger partial charge in [0, 0.05) is 10.3 Å². The third kappa shape index (κ3) is 4.01. The monoisotopic (exact) mass is 211 g/mol. The fraction of sp³-hybridized carbons (Fsp3) is 1.00. The first-order chi connectivity index (χ1) is 4.96. The normalized spacial score (nSPS) is 16.3. The van der Waals surface area contributed by atoms with E-state index in [-0.39, 0.29) is 10.3 Å². The van der Waals surface area contributed by atoms with E-state index in [0.717, 1.165) is 6.42 Å². The molecule has 0 heterocycles. The Kier molecular flexibility index (Phi) is 3.56. The maximum atomic E-state index is 6.36. The molecule has 0 atom stereocenters. The minimum atomic E-state index is -1.04. The van der Waals surface area contributed by atoms with Gasteiger partial charge in [-0.15, -0.1) is 0 Å². The predicted molar refractivity (Wildman–Crippen MR) is 62.3 cm³/mol. The molecule has 0 aliphatic heterocycles. The Bertz CT molecular complexity index is 153. The topological polar surface area (TPSA) is 26.0 Å². The van der Waals surface area contributed by atoms with Crippen molar-refractivity contribution in [3.8, 4) is 0 Å². The van der Waals surface area contributed by atoms with Gasteiger partial charge >= 0.3 is 0 Å². The zero-order valence-corrected chi connectivity index (χ0v) is 10.6. The van der Waals surface area contributed by atoms with Gasteiger partial charge in [-0.1, -0.05) is 24.5 Å². The average Bonchev–Trinajstić information content (AvgIpc) is 1.52. The van der Waals surface area contributed by atoms with Gasteiger partial charge in [0.05, 0.1) is 0 Å². The van der Waals surface area contributed by atoms with Crippen molar-refractivity contribution in [1.82, 2.24) is 0 Å². The Morgan fingerprint density at radius 1 is 1.17 bits per heavy atom. The third-order valence-corrected chi connectivity index (χ3v) is 6.22. The summed E-state index contributed by atoms with van der Waals surface area (Å²) < 4.78 is 0.146. The zero-order valence-electron chi connectivity index (χ0n) is 9.07. The number of hydrogen-bond donors (Lipinski definition) is 1. The molecule has 0 spiro atoms. The van der Waals surface area contributed by atoms with E-state index in [4.69, 9.17) is 16.4 Å². The lowest BCUT2D eigenvalue weighted by molar-refractivity contribution is 0.422. The second-order valence-electron chi connectivity index (χ2n) is 5.13. The van der Waals surface area contributed by atoms with Gasteiger partial charge < -0.3 is 5.73 Å². The zero-order chi connectivity index (χ0) is 10.2. The quantitative estimate of drug-likeness (QED) is 0.763. The summed E-state index contributed by atoms with van der Waals surface area (Å²) in [7, 11) is 5.32. The molecule has 3 heteroatoms. The minimum absolute atomic E-state index is 0.122. The van der Waals surface area contributed by atoms with Crippen LogP contribution in [0, 0.1) is 0 Å². The van der Waals surface area contributed by atoms with Crippen LogP contribution in [0.4, 0.5) is 0 Å². The highest BCUT2D eigenvalue weighted by atomic mass is 35.7. The lowest BCUT2D eigenvalue weighted by atomic mass is 9.93. The lowest BCUT2D eigenvalue weighted by Gasteiger charge is -2.44. The Labute approximate surface area is 82.9 Å². The number of hydrogen-bond acceptors (Lipinski definition) is 1. The van der Waals surface area contributed by atoms with Gasteiger partial charge in [0.25, 0.3) is 0 Å². The van der Waals surface area contributed by atoms with E-state index < -0.39 is 9.24 Å². The molecule has 0 saturated heterocycles. The molecule has 0 aromatic carbocycles. The van der Waals surface area contributed by atoms with Crippen LogP contribution in [0.2, 0.25) is 0 Å². The molecular formula is C9H22ClNS. The van der Waals surface area contributed by atoms with Crippen molar-refractivity contribution in [2.24, 2.45) is 5.73 Å². The van der Waals surface area contributed by atoms with Crippen LogP contribution in [0.5, 0.6) is 0 Å². The maximum absolute atomic E-state index is 6.36. The van der Waals surface area contributed by atoms with Crippen molar-refractivity contribution in [1.29, 1.82) is 0 Å². The summed E-state index contributed by atoms with van der Waals surface area (Å²) in [6.45, 7) is 8.50. The lowest BCUT2D eigenvalue weighted by Crippen LogP contribution is -2.41. The largest absolute Gasteiger partial charge is 0.326 e. The molecule has 0 aliphatic carbocycles. The summed E-state index contributed by atoms with van der Waals surface area (Å²) in [6, 6.07) is 0. The van der Waals surface area contributed by atoms with Gasteiger partial charge in [0.2, 0.25) is 0 Å². The molecule has 12 heavy (non-hydrogen) atoms.